The second kappa shape index (κ2) is 6.97. The van der Waals surface area contributed by atoms with Gasteiger partial charge in [0.05, 0.1) is 0 Å². The Labute approximate surface area is 128 Å². The molecule has 128 valence electrons. The zero-order valence-electron chi connectivity index (χ0n) is 11.7. The third kappa shape index (κ3) is 5.53. The van der Waals surface area contributed by atoms with Crippen molar-refractivity contribution in [1.29, 1.82) is 0 Å². The number of urea groups is 1. The summed E-state index contributed by atoms with van der Waals surface area (Å²) >= 11 is 0. The Morgan fingerprint density at radius 3 is 2.65 bits per heavy atom. The molecule has 1 aliphatic carbocycles. The first-order valence-electron chi connectivity index (χ1n) is 6.76. The molecule has 1 saturated carbocycles. The van der Waals surface area contributed by atoms with E-state index in [1.54, 1.807) is 0 Å². The van der Waals surface area contributed by atoms with E-state index in [2.05, 4.69) is 15.0 Å². The van der Waals surface area contributed by atoms with Crippen molar-refractivity contribution in [3.05, 3.63) is 23.9 Å². The molecule has 0 radical (unpaired) electrons. The summed E-state index contributed by atoms with van der Waals surface area (Å²) in [4.78, 5) is 15.1. The van der Waals surface area contributed by atoms with Crippen molar-refractivity contribution < 1.29 is 31.5 Å². The number of hydrogen-bond donors (Lipinski definition) is 2. The quantitative estimate of drug-likeness (QED) is 0.784. The minimum absolute atomic E-state index is 0.150. The van der Waals surface area contributed by atoms with Crippen molar-refractivity contribution in [2.24, 2.45) is 5.92 Å². The highest BCUT2D eigenvalue weighted by Crippen LogP contribution is 2.40. The topological polar surface area (TPSA) is 63.2 Å². The molecule has 10 heteroatoms. The number of rotatable bonds is 6. The van der Waals surface area contributed by atoms with Gasteiger partial charge in [-0.2, -0.15) is 22.0 Å². The molecule has 23 heavy (non-hydrogen) atoms. The number of carbonyl (C=O) groups excluding carboxylic acids is 1. The Hall–Kier alpha value is -2.13. The molecular weight excluding hydrogens is 325 g/mol. The van der Waals surface area contributed by atoms with Crippen molar-refractivity contribution in [1.82, 2.24) is 15.6 Å². The van der Waals surface area contributed by atoms with Crippen LogP contribution in [-0.4, -0.2) is 29.8 Å². The highest BCUT2D eigenvalue weighted by molar-refractivity contribution is 5.74. The molecule has 0 aliphatic heterocycles. The number of hydrogen-bond acceptors (Lipinski definition) is 3. The molecule has 1 aliphatic rings. The lowest BCUT2D eigenvalue weighted by Crippen LogP contribution is -2.50. The third-order valence-electron chi connectivity index (χ3n) is 3.19. The van der Waals surface area contributed by atoms with E-state index in [1.165, 1.54) is 12.3 Å². The number of nitrogens with one attached hydrogen (secondary N) is 2. The molecule has 1 fully saturated rings. The number of amides is 2. The number of aromatic nitrogens is 1. The molecule has 1 aromatic heterocycles. The van der Waals surface area contributed by atoms with Crippen LogP contribution in [0.3, 0.4) is 0 Å². The van der Waals surface area contributed by atoms with Gasteiger partial charge in [-0.15, -0.1) is 0 Å². The van der Waals surface area contributed by atoms with Gasteiger partial charge in [-0.25, -0.2) is 9.78 Å². The van der Waals surface area contributed by atoms with Crippen LogP contribution in [0.4, 0.5) is 26.7 Å². The fraction of sp³-hybridized carbons (Fsp3) is 0.538. The van der Waals surface area contributed by atoms with Crippen LogP contribution in [0, 0.1) is 5.92 Å². The monoisotopic (exact) mass is 339 g/mol. The van der Waals surface area contributed by atoms with E-state index in [1.807, 2.05) is 5.32 Å². The predicted molar refractivity (Wildman–Crippen MR) is 68.8 cm³/mol. The van der Waals surface area contributed by atoms with Crippen LogP contribution in [-0.2, 0) is 6.54 Å². The zero-order valence-corrected chi connectivity index (χ0v) is 11.7. The first-order valence-corrected chi connectivity index (χ1v) is 6.76. The number of ether oxygens (including phenoxy) is 1. The van der Waals surface area contributed by atoms with Crippen molar-refractivity contribution >= 4 is 6.03 Å². The van der Waals surface area contributed by atoms with Gasteiger partial charge in [0, 0.05) is 18.8 Å². The summed E-state index contributed by atoms with van der Waals surface area (Å²) in [7, 11) is 0. The van der Waals surface area contributed by atoms with Crippen LogP contribution in [0.5, 0.6) is 5.88 Å². The van der Waals surface area contributed by atoms with Crippen molar-refractivity contribution in [3.63, 3.8) is 0 Å². The number of alkyl halides is 5. The van der Waals surface area contributed by atoms with E-state index in [-0.39, 0.29) is 12.4 Å². The fourth-order valence-electron chi connectivity index (χ4n) is 1.99. The van der Waals surface area contributed by atoms with E-state index in [0.717, 1.165) is 6.07 Å². The predicted octanol–water partition coefficient (Wildman–Crippen LogP) is 2.82. The standard InChI is InChI=1S/C13H14F5N3O2/c14-11(15)23-9-5-7(3-4-19-9)6-20-12(22)21-10(8-1-2-8)13(16,17)18/h3-5,8,10-11H,1-2,6H2,(H2,20,21,22)/t10-/m1/s1. The number of carbonyl (C=O) groups is 1. The number of halogens is 5. The van der Waals surface area contributed by atoms with Gasteiger partial charge in [0.2, 0.25) is 5.88 Å². The van der Waals surface area contributed by atoms with Crippen LogP contribution in [0.1, 0.15) is 18.4 Å². The normalized spacial score (nSPS) is 16.1. The van der Waals surface area contributed by atoms with E-state index >= 15 is 0 Å². The number of nitrogens with zero attached hydrogens (tertiary/aromatic N) is 1. The first-order chi connectivity index (χ1) is 10.8. The Balaban J connectivity index is 1.86. The average molecular weight is 339 g/mol. The minimum atomic E-state index is -4.51. The van der Waals surface area contributed by atoms with Crippen LogP contribution < -0.4 is 15.4 Å². The van der Waals surface area contributed by atoms with Crippen LogP contribution in [0.15, 0.2) is 18.3 Å². The summed E-state index contributed by atoms with van der Waals surface area (Å²) in [6, 6.07) is -0.278. The molecule has 2 N–H and O–H groups in total. The summed E-state index contributed by atoms with van der Waals surface area (Å²) in [5, 5.41) is 4.14. The molecule has 2 rings (SSSR count). The van der Waals surface area contributed by atoms with Crippen molar-refractivity contribution in [2.75, 3.05) is 0 Å². The van der Waals surface area contributed by atoms with Gasteiger partial charge in [-0.05, 0) is 30.4 Å². The van der Waals surface area contributed by atoms with Crippen LogP contribution in [0.2, 0.25) is 0 Å². The average Bonchev–Trinajstić information content (AvgIpc) is 3.25. The molecule has 2 amide bonds. The smallest absolute Gasteiger partial charge is 0.408 e. The maximum Gasteiger partial charge on any atom is 0.408 e. The second-order valence-corrected chi connectivity index (χ2v) is 5.06. The van der Waals surface area contributed by atoms with Gasteiger partial charge in [-0.3, -0.25) is 0 Å². The Morgan fingerprint density at radius 1 is 1.39 bits per heavy atom. The van der Waals surface area contributed by atoms with Crippen LogP contribution >= 0.6 is 0 Å². The van der Waals surface area contributed by atoms with Crippen molar-refractivity contribution in [2.45, 2.75) is 38.2 Å². The zero-order chi connectivity index (χ0) is 17.0. The Morgan fingerprint density at radius 2 is 2.09 bits per heavy atom. The van der Waals surface area contributed by atoms with Gasteiger partial charge in [0.15, 0.2) is 0 Å². The molecule has 0 saturated heterocycles. The lowest BCUT2D eigenvalue weighted by atomic mass is 10.2. The van der Waals surface area contributed by atoms with Gasteiger partial charge < -0.3 is 15.4 Å². The summed E-state index contributed by atoms with van der Waals surface area (Å²) in [6.45, 7) is -3.19. The Kier molecular flexibility index (Phi) is 5.22. The molecular formula is C13H14F5N3O2. The molecule has 0 bridgehead atoms. The van der Waals surface area contributed by atoms with E-state index in [0.29, 0.717) is 18.4 Å². The molecule has 0 spiro atoms. The highest BCUT2D eigenvalue weighted by Gasteiger charge is 2.49. The highest BCUT2D eigenvalue weighted by atomic mass is 19.4. The van der Waals surface area contributed by atoms with Gasteiger partial charge in [-0.1, -0.05) is 0 Å². The Bertz CT molecular complexity index is 549. The lowest BCUT2D eigenvalue weighted by Gasteiger charge is -2.21. The van der Waals surface area contributed by atoms with Gasteiger partial charge in [0.1, 0.15) is 6.04 Å². The molecule has 0 unspecified atom stereocenters. The maximum atomic E-state index is 12.8. The molecule has 0 aromatic carbocycles. The van der Waals surface area contributed by atoms with E-state index < -0.39 is 30.8 Å². The lowest BCUT2D eigenvalue weighted by molar-refractivity contribution is -0.157. The number of pyridine rings is 1. The van der Waals surface area contributed by atoms with Gasteiger partial charge in [0.25, 0.3) is 0 Å². The second-order valence-electron chi connectivity index (χ2n) is 5.06. The molecule has 1 heterocycles. The molecule has 5 nitrogen and oxygen atoms in total. The third-order valence-corrected chi connectivity index (χ3v) is 3.19. The largest absolute Gasteiger partial charge is 0.417 e. The van der Waals surface area contributed by atoms with E-state index in [9.17, 15) is 26.7 Å². The fourth-order valence-corrected chi connectivity index (χ4v) is 1.99. The molecule has 1 aromatic rings. The SMILES string of the molecule is O=C(NCc1ccnc(OC(F)F)c1)N[C@H](C1CC1)C(F)(F)F. The van der Waals surface area contributed by atoms with E-state index in [4.69, 9.17) is 0 Å². The van der Waals surface area contributed by atoms with Gasteiger partial charge >= 0.3 is 18.8 Å². The maximum absolute atomic E-state index is 12.8. The van der Waals surface area contributed by atoms with Crippen LogP contribution in [0.25, 0.3) is 0 Å². The first kappa shape index (κ1) is 17.2. The summed E-state index contributed by atoms with van der Waals surface area (Å²) in [5.41, 5.74) is 0.362. The summed E-state index contributed by atoms with van der Waals surface area (Å²) in [5.74, 6) is -0.932. The summed E-state index contributed by atoms with van der Waals surface area (Å²) in [6.07, 6.45) is -2.48. The summed E-state index contributed by atoms with van der Waals surface area (Å²) < 4.78 is 66.5. The molecule has 1 atom stereocenters. The minimum Gasteiger partial charge on any atom is -0.417 e. The van der Waals surface area contributed by atoms with Crippen molar-refractivity contribution in [3.8, 4) is 5.88 Å².